The van der Waals surface area contributed by atoms with Gasteiger partial charge >= 0.3 is 0 Å². The molecule has 0 aliphatic heterocycles. The molecular weight excluding hydrogens is 203 g/mol. The fourth-order valence-corrected chi connectivity index (χ4v) is 1.05. The standard InChI is InChI=1S/C3H2F3NS3/c4-3(10(5)6)9-2-7-1-8/h2H2. The minimum absolute atomic E-state index is 0.132. The average molecular weight is 205 g/mol. The number of aliphatic imine (C=N–C) groups is 1. The van der Waals surface area contributed by atoms with Crippen molar-refractivity contribution in [1.82, 2.24) is 0 Å². The molecule has 0 aromatic rings. The molecule has 0 saturated carbocycles. The first-order valence-electron chi connectivity index (χ1n) is 1.94. The van der Waals surface area contributed by atoms with Crippen LogP contribution in [0, 0.1) is 0 Å². The highest BCUT2D eigenvalue weighted by Gasteiger charge is 2.02. The SMILES string of the molecule is FC(SCN=C=S)=S(F)F. The van der Waals surface area contributed by atoms with Crippen molar-refractivity contribution < 1.29 is 12.2 Å². The van der Waals surface area contributed by atoms with Gasteiger partial charge in [0.15, 0.2) is 0 Å². The van der Waals surface area contributed by atoms with Gasteiger partial charge in [0, 0.05) is 0 Å². The summed E-state index contributed by atoms with van der Waals surface area (Å²) in [5.41, 5.74) is 0. The summed E-state index contributed by atoms with van der Waals surface area (Å²) in [6.07, 6.45) is 0. The fraction of sp³-hybridized carbons (Fsp3) is 0.333. The van der Waals surface area contributed by atoms with Crippen LogP contribution < -0.4 is 0 Å². The molecule has 58 valence electrons. The van der Waals surface area contributed by atoms with Crippen molar-refractivity contribution in [1.29, 1.82) is 0 Å². The molecule has 0 spiro atoms. The molecule has 0 N–H and O–H groups in total. The van der Waals surface area contributed by atoms with Crippen LogP contribution in [0.2, 0.25) is 0 Å². The van der Waals surface area contributed by atoms with Gasteiger partial charge in [0.05, 0.1) is 5.16 Å². The number of nitrogens with zero attached hydrogens (tertiary/aromatic N) is 1. The first kappa shape index (κ1) is 10.2. The summed E-state index contributed by atoms with van der Waals surface area (Å²) in [4.78, 5) is 3.23. The highest BCUT2D eigenvalue weighted by Crippen LogP contribution is 2.24. The van der Waals surface area contributed by atoms with Crippen LogP contribution in [0.15, 0.2) is 4.99 Å². The van der Waals surface area contributed by atoms with Crippen LogP contribution in [0.25, 0.3) is 0 Å². The van der Waals surface area contributed by atoms with Crippen LogP contribution in [0.3, 0.4) is 0 Å². The van der Waals surface area contributed by atoms with Crippen molar-refractivity contribution in [2.75, 3.05) is 5.88 Å². The van der Waals surface area contributed by atoms with Crippen molar-refractivity contribution in [3.05, 3.63) is 0 Å². The lowest BCUT2D eigenvalue weighted by Gasteiger charge is -1.87. The van der Waals surface area contributed by atoms with E-state index >= 15 is 0 Å². The Labute approximate surface area is 68.2 Å². The normalized spacial score (nSPS) is 9.20. The number of thiocarbonyl (C=S) groups is 1. The Morgan fingerprint density at radius 3 is 2.70 bits per heavy atom. The van der Waals surface area contributed by atoms with Crippen molar-refractivity contribution in [2.24, 2.45) is 4.99 Å². The monoisotopic (exact) mass is 205 g/mol. The third kappa shape index (κ3) is 4.99. The number of rotatable bonds is 2. The smallest absolute Gasteiger partial charge is 0.221 e. The molecule has 0 rings (SSSR count). The van der Waals surface area contributed by atoms with Crippen LogP contribution >= 0.6 is 35.2 Å². The second-order valence-corrected chi connectivity index (χ2v) is 3.10. The van der Waals surface area contributed by atoms with E-state index in [4.69, 9.17) is 0 Å². The second-order valence-electron chi connectivity index (χ2n) is 0.973. The molecule has 7 heteroatoms. The lowest BCUT2D eigenvalue weighted by atomic mass is 11.4. The number of thioether (sulfide) groups is 1. The van der Waals surface area contributed by atoms with Gasteiger partial charge in [-0.05, 0) is 12.2 Å². The van der Waals surface area contributed by atoms with Crippen LogP contribution in [0.5, 0.6) is 0 Å². The summed E-state index contributed by atoms with van der Waals surface area (Å²) >= 11 is 1.18. The van der Waals surface area contributed by atoms with E-state index in [1.807, 2.05) is 5.16 Å². The first-order chi connectivity index (χ1) is 4.68. The molecule has 1 nitrogen and oxygen atoms in total. The van der Waals surface area contributed by atoms with E-state index in [-0.39, 0.29) is 5.88 Å². The van der Waals surface area contributed by atoms with Gasteiger partial charge in [0.2, 0.25) is 15.7 Å². The van der Waals surface area contributed by atoms with E-state index in [2.05, 4.69) is 17.2 Å². The number of hydrogen-bond donors (Lipinski definition) is 0. The number of halogens is 3. The van der Waals surface area contributed by atoms with Gasteiger partial charge in [-0.2, -0.15) is 4.39 Å². The molecule has 0 fully saturated rings. The predicted molar refractivity (Wildman–Crippen MR) is 43.4 cm³/mol. The van der Waals surface area contributed by atoms with E-state index < -0.39 is 15.7 Å². The minimum atomic E-state index is -3.27. The number of isothiocyanates is 1. The summed E-state index contributed by atoms with van der Waals surface area (Å²) in [7, 11) is 0. The second kappa shape index (κ2) is 5.91. The van der Waals surface area contributed by atoms with E-state index in [9.17, 15) is 12.2 Å². The molecule has 0 aliphatic rings. The third-order valence-corrected chi connectivity index (χ3v) is 2.02. The minimum Gasteiger partial charge on any atom is -0.221 e. The van der Waals surface area contributed by atoms with E-state index in [1.54, 1.807) is 0 Å². The van der Waals surface area contributed by atoms with Crippen LogP contribution in [0.1, 0.15) is 0 Å². The summed E-state index contributed by atoms with van der Waals surface area (Å²) < 4.78 is 33.2. The Bertz CT molecular complexity index is 181. The zero-order valence-corrected chi connectivity index (χ0v) is 6.96. The molecule has 0 aliphatic carbocycles. The van der Waals surface area contributed by atoms with E-state index in [0.29, 0.717) is 11.8 Å². The quantitative estimate of drug-likeness (QED) is 0.390. The maximum atomic E-state index is 11.9. The lowest BCUT2D eigenvalue weighted by molar-refractivity contribution is 0.789. The zero-order chi connectivity index (χ0) is 7.98. The van der Waals surface area contributed by atoms with Gasteiger partial charge in [-0.25, -0.2) is 4.99 Å². The molecule has 0 aromatic heterocycles. The Morgan fingerprint density at radius 1 is 1.70 bits per heavy atom. The van der Waals surface area contributed by atoms with E-state index in [1.165, 1.54) is 0 Å². The third-order valence-electron chi connectivity index (χ3n) is 0.428. The van der Waals surface area contributed by atoms with Gasteiger partial charge in [-0.1, -0.05) is 11.8 Å². The maximum Gasteiger partial charge on any atom is 0.243 e. The number of hydrogen-bond acceptors (Lipinski definition) is 3. The van der Waals surface area contributed by atoms with Gasteiger partial charge in [0.1, 0.15) is 5.88 Å². The summed E-state index contributed by atoms with van der Waals surface area (Å²) in [5, 5.41) is 1.93. The van der Waals surface area contributed by atoms with Crippen molar-refractivity contribution in [3.8, 4) is 0 Å². The molecule has 0 amide bonds. The highest BCUT2D eigenvalue weighted by atomic mass is 32.3. The zero-order valence-electron chi connectivity index (χ0n) is 4.51. The maximum absolute atomic E-state index is 11.9. The van der Waals surface area contributed by atoms with Crippen LogP contribution in [-0.4, -0.2) is 15.5 Å². The molecule has 0 radical (unpaired) electrons. The molecular formula is C3H2F3NS3. The Hall–Kier alpha value is 0.160. The Kier molecular flexibility index (Phi) is 6.00. The van der Waals surface area contributed by atoms with Crippen molar-refractivity contribution in [3.63, 3.8) is 0 Å². The Morgan fingerprint density at radius 2 is 2.30 bits per heavy atom. The van der Waals surface area contributed by atoms with E-state index in [0.717, 1.165) is 0 Å². The fourth-order valence-electron chi connectivity index (χ4n) is 0.154. The molecule has 0 atom stereocenters. The van der Waals surface area contributed by atoms with Crippen LogP contribution in [-0.2, 0) is 0 Å². The highest BCUT2D eigenvalue weighted by molar-refractivity contribution is 8.29. The lowest BCUT2D eigenvalue weighted by Crippen LogP contribution is -1.78. The van der Waals surface area contributed by atoms with Gasteiger partial charge in [0.25, 0.3) is 0 Å². The summed E-state index contributed by atoms with van der Waals surface area (Å²) in [6, 6.07) is 0. The van der Waals surface area contributed by atoms with Crippen LogP contribution in [0.4, 0.5) is 12.2 Å². The Balaban J connectivity index is 3.70. The summed E-state index contributed by atoms with van der Waals surface area (Å²) in [6.45, 7) is 0. The van der Waals surface area contributed by atoms with Gasteiger partial charge in [-0.15, -0.1) is 7.77 Å². The van der Waals surface area contributed by atoms with Gasteiger partial charge in [-0.3, -0.25) is 0 Å². The van der Waals surface area contributed by atoms with Crippen molar-refractivity contribution >= 4 is 44.8 Å². The molecule has 0 unspecified atom stereocenters. The predicted octanol–water partition coefficient (Wildman–Crippen LogP) is 2.87. The average Bonchev–Trinajstić information content (AvgIpc) is 1.88. The molecule has 0 aromatic carbocycles. The first-order valence-corrected chi connectivity index (χ1v) is 4.36. The van der Waals surface area contributed by atoms with Gasteiger partial charge < -0.3 is 0 Å². The topological polar surface area (TPSA) is 12.4 Å². The molecule has 0 saturated heterocycles. The molecule has 10 heavy (non-hydrogen) atoms. The summed E-state index contributed by atoms with van der Waals surface area (Å²) in [5.74, 6) is -0.132. The molecule has 0 heterocycles. The largest absolute Gasteiger partial charge is 0.243 e. The van der Waals surface area contributed by atoms with Crippen molar-refractivity contribution in [2.45, 2.75) is 0 Å². The molecule has 0 bridgehead atoms.